The summed E-state index contributed by atoms with van der Waals surface area (Å²) in [6.45, 7) is 5.64. The van der Waals surface area contributed by atoms with Crippen LogP contribution in [-0.2, 0) is 10.0 Å². The average molecular weight is 312 g/mol. The lowest BCUT2D eigenvalue weighted by atomic mass is 10.2. The van der Waals surface area contributed by atoms with Crippen molar-refractivity contribution in [3.8, 4) is 0 Å². The third kappa shape index (κ3) is 9.69. The van der Waals surface area contributed by atoms with Crippen molar-refractivity contribution in [2.24, 2.45) is 0 Å². The van der Waals surface area contributed by atoms with E-state index in [0.717, 1.165) is 25.7 Å². The van der Waals surface area contributed by atoms with Crippen LogP contribution in [0.3, 0.4) is 0 Å². The molecule has 0 unspecified atom stereocenters. The Bertz CT molecular complexity index is 282. The molecule has 0 spiro atoms. The molecule has 19 heavy (non-hydrogen) atoms. The van der Waals surface area contributed by atoms with Gasteiger partial charge in [-0.2, -0.15) is 0 Å². The molecule has 0 saturated carbocycles. The fourth-order valence-electron chi connectivity index (χ4n) is 2.05. The number of nitrogens with zero attached hydrogens (tertiary/aromatic N) is 1. The highest BCUT2D eigenvalue weighted by atomic mass is 35.5. The number of alkyl halides is 1. The van der Waals surface area contributed by atoms with Crippen LogP contribution in [0.4, 0.5) is 0 Å². The Labute approximate surface area is 124 Å². The summed E-state index contributed by atoms with van der Waals surface area (Å²) in [5.41, 5.74) is 0. The summed E-state index contributed by atoms with van der Waals surface area (Å²) in [6.07, 6.45) is 8.84. The van der Waals surface area contributed by atoms with Crippen molar-refractivity contribution in [1.29, 1.82) is 0 Å². The van der Waals surface area contributed by atoms with Gasteiger partial charge >= 0.3 is 0 Å². The maximum Gasteiger partial charge on any atom is 0.215 e. The molecule has 0 bridgehead atoms. The third-order valence-corrected chi connectivity index (χ3v) is 5.54. The molecule has 0 aromatic carbocycles. The number of unbranched alkanes of at least 4 members (excludes halogenated alkanes) is 6. The molecule has 0 N–H and O–H groups in total. The molecule has 0 atom stereocenters. The van der Waals surface area contributed by atoms with Crippen LogP contribution in [0.5, 0.6) is 0 Å². The van der Waals surface area contributed by atoms with Gasteiger partial charge in [0.25, 0.3) is 0 Å². The standard InChI is InChI=1S/C14H30ClNO2S/c1-3-5-7-9-12-16(13-10-8-6-4-2)19(17,18)14-11-15/h3-14H2,1-2H3. The second kappa shape index (κ2) is 12.0. The maximum absolute atomic E-state index is 12.1. The van der Waals surface area contributed by atoms with Gasteiger partial charge in [0, 0.05) is 19.0 Å². The van der Waals surface area contributed by atoms with Gasteiger partial charge < -0.3 is 0 Å². The van der Waals surface area contributed by atoms with Crippen molar-refractivity contribution >= 4 is 21.6 Å². The second-order valence-corrected chi connectivity index (χ2v) is 7.49. The minimum Gasteiger partial charge on any atom is -0.212 e. The summed E-state index contributed by atoms with van der Waals surface area (Å²) in [4.78, 5) is 0. The Kier molecular flexibility index (Phi) is 12.1. The lowest BCUT2D eigenvalue weighted by Gasteiger charge is -2.21. The van der Waals surface area contributed by atoms with Gasteiger partial charge in [0.2, 0.25) is 10.0 Å². The van der Waals surface area contributed by atoms with Gasteiger partial charge in [0.1, 0.15) is 0 Å². The molecule has 5 heteroatoms. The Balaban J connectivity index is 4.21. The van der Waals surface area contributed by atoms with Crippen LogP contribution in [0.1, 0.15) is 65.2 Å². The van der Waals surface area contributed by atoms with Gasteiger partial charge in [-0.3, -0.25) is 0 Å². The zero-order valence-electron chi connectivity index (χ0n) is 12.5. The van der Waals surface area contributed by atoms with Gasteiger partial charge in [-0.1, -0.05) is 52.4 Å². The molecule has 0 aromatic rings. The molecule has 0 aromatic heterocycles. The van der Waals surface area contributed by atoms with Crippen LogP contribution in [0.2, 0.25) is 0 Å². The van der Waals surface area contributed by atoms with Gasteiger partial charge in [-0.15, -0.1) is 11.6 Å². The molecule has 0 heterocycles. The van der Waals surface area contributed by atoms with Gasteiger partial charge in [0.15, 0.2) is 0 Å². The van der Waals surface area contributed by atoms with Crippen LogP contribution < -0.4 is 0 Å². The highest BCUT2D eigenvalue weighted by Crippen LogP contribution is 2.10. The second-order valence-electron chi connectivity index (χ2n) is 5.03. The molecule has 3 nitrogen and oxygen atoms in total. The predicted octanol–water partition coefficient (Wildman–Crippen LogP) is 4.02. The van der Waals surface area contributed by atoms with E-state index < -0.39 is 10.0 Å². The SMILES string of the molecule is CCCCCCN(CCCCCC)S(=O)(=O)CCCl. The molecular formula is C14H30ClNO2S. The molecule has 0 aliphatic heterocycles. The lowest BCUT2D eigenvalue weighted by Crippen LogP contribution is -2.35. The molecule has 0 amide bonds. The smallest absolute Gasteiger partial charge is 0.212 e. The molecule has 0 rings (SSSR count). The summed E-state index contributed by atoms with van der Waals surface area (Å²) in [7, 11) is -3.15. The van der Waals surface area contributed by atoms with Crippen LogP contribution in [0.25, 0.3) is 0 Å². The molecule has 0 aliphatic rings. The van der Waals surface area contributed by atoms with E-state index in [4.69, 9.17) is 11.6 Å². The van der Waals surface area contributed by atoms with Crippen molar-refractivity contribution < 1.29 is 8.42 Å². The van der Waals surface area contributed by atoms with E-state index in [9.17, 15) is 8.42 Å². The van der Waals surface area contributed by atoms with Gasteiger partial charge in [-0.05, 0) is 12.8 Å². The highest BCUT2D eigenvalue weighted by molar-refractivity contribution is 7.89. The van der Waals surface area contributed by atoms with Gasteiger partial charge in [-0.25, -0.2) is 12.7 Å². The number of rotatable bonds is 13. The van der Waals surface area contributed by atoms with Crippen molar-refractivity contribution in [2.75, 3.05) is 24.7 Å². The Morgan fingerprint density at radius 2 is 1.32 bits per heavy atom. The first kappa shape index (κ1) is 19.2. The van der Waals surface area contributed by atoms with E-state index in [0.29, 0.717) is 13.1 Å². The number of sulfonamides is 1. The minimum absolute atomic E-state index is 0.0656. The van der Waals surface area contributed by atoms with E-state index in [-0.39, 0.29) is 11.6 Å². The summed E-state index contributed by atoms with van der Waals surface area (Å²) in [5, 5.41) is 0. The Hall–Kier alpha value is 0.200. The summed E-state index contributed by atoms with van der Waals surface area (Å²) in [6, 6.07) is 0. The largest absolute Gasteiger partial charge is 0.215 e. The van der Waals surface area contributed by atoms with Crippen LogP contribution in [0, 0.1) is 0 Å². The van der Waals surface area contributed by atoms with Crippen LogP contribution >= 0.6 is 11.6 Å². The summed E-state index contributed by atoms with van der Waals surface area (Å²) >= 11 is 5.59. The molecule has 0 fully saturated rings. The fraction of sp³-hybridized carbons (Fsp3) is 1.00. The first-order valence-corrected chi connectivity index (χ1v) is 9.76. The first-order valence-electron chi connectivity index (χ1n) is 7.62. The minimum atomic E-state index is -3.15. The Morgan fingerprint density at radius 1 is 0.842 bits per heavy atom. The average Bonchev–Trinajstić information content (AvgIpc) is 2.36. The molecular weight excluding hydrogens is 282 g/mol. The predicted molar refractivity (Wildman–Crippen MR) is 84.4 cm³/mol. The quantitative estimate of drug-likeness (QED) is 0.380. The number of hydrogen-bond acceptors (Lipinski definition) is 2. The molecule has 0 radical (unpaired) electrons. The van der Waals surface area contributed by atoms with Crippen molar-refractivity contribution in [1.82, 2.24) is 4.31 Å². The highest BCUT2D eigenvalue weighted by Gasteiger charge is 2.20. The van der Waals surface area contributed by atoms with Gasteiger partial charge in [0.05, 0.1) is 5.75 Å². The van der Waals surface area contributed by atoms with E-state index in [1.807, 2.05) is 0 Å². The topological polar surface area (TPSA) is 37.4 Å². The molecule has 0 saturated heterocycles. The summed E-state index contributed by atoms with van der Waals surface area (Å²) in [5.74, 6) is 0.249. The first-order chi connectivity index (χ1) is 9.08. The van der Waals surface area contributed by atoms with E-state index in [2.05, 4.69) is 13.8 Å². The van der Waals surface area contributed by atoms with E-state index in [1.54, 1.807) is 4.31 Å². The lowest BCUT2D eigenvalue weighted by molar-refractivity contribution is 0.386. The fourth-order valence-corrected chi connectivity index (χ4v) is 3.90. The molecule has 116 valence electrons. The Morgan fingerprint density at radius 3 is 1.68 bits per heavy atom. The van der Waals surface area contributed by atoms with Crippen molar-refractivity contribution in [2.45, 2.75) is 65.2 Å². The van der Waals surface area contributed by atoms with Crippen molar-refractivity contribution in [3.05, 3.63) is 0 Å². The monoisotopic (exact) mass is 311 g/mol. The normalized spacial score (nSPS) is 12.2. The zero-order chi connectivity index (χ0) is 14.6. The number of hydrogen-bond donors (Lipinski definition) is 0. The third-order valence-electron chi connectivity index (χ3n) is 3.25. The molecule has 0 aliphatic carbocycles. The maximum atomic E-state index is 12.1. The van der Waals surface area contributed by atoms with Crippen molar-refractivity contribution in [3.63, 3.8) is 0 Å². The van der Waals surface area contributed by atoms with E-state index >= 15 is 0 Å². The van der Waals surface area contributed by atoms with Crippen LogP contribution in [0.15, 0.2) is 0 Å². The van der Waals surface area contributed by atoms with E-state index in [1.165, 1.54) is 25.7 Å². The zero-order valence-corrected chi connectivity index (χ0v) is 14.1. The summed E-state index contributed by atoms with van der Waals surface area (Å²) < 4.78 is 25.9. The number of halogens is 1. The van der Waals surface area contributed by atoms with Crippen LogP contribution in [-0.4, -0.2) is 37.4 Å².